The zero-order chi connectivity index (χ0) is 15.5. The summed E-state index contributed by atoms with van der Waals surface area (Å²) in [5.74, 6) is 1.15. The molecular weight excluding hydrogens is 284 g/mol. The number of hydrogen-bond donors (Lipinski definition) is 2. The van der Waals surface area contributed by atoms with Crippen LogP contribution in [0.2, 0.25) is 0 Å². The maximum atomic E-state index is 11.7. The molecule has 2 aromatic rings. The molecule has 0 bridgehead atoms. The summed E-state index contributed by atoms with van der Waals surface area (Å²) in [4.78, 5) is 16.2. The fourth-order valence-corrected chi connectivity index (χ4v) is 2.59. The van der Waals surface area contributed by atoms with Gasteiger partial charge in [0, 0.05) is 30.2 Å². The number of nitrogens with zero attached hydrogens (tertiary/aromatic N) is 2. The van der Waals surface area contributed by atoms with Crippen LogP contribution in [0.5, 0.6) is 0 Å². The Bertz CT molecular complexity index is 630. The fraction of sp³-hybridized carbons (Fsp3) is 0.467. The predicted molar refractivity (Wildman–Crippen MR) is 87.4 cm³/mol. The van der Waals surface area contributed by atoms with Crippen molar-refractivity contribution >= 4 is 23.3 Å². The van der Waals surface area contributed by atoms with Crippen LogP contribution in [0.4, 0.5) is 0 Å². The van der Waals surface area contributed by atoms with E-state index in [1.54, 1.807) is 11.8 Å². The van der Waals surface area contributed by atoms with Gasteiger partial charge in [0.25, 0.3) is 0 Å². The van der Waals surface area contributed by atoms with Crippen LogP contribution in [0.15, 0.2) is 24.5 Å². The minimum Gasteiger partial charge on any atom is -0.354 e. The average molecular weight is 306 g/mol. The molecule has 1 amide bonds. The van der Waals surface area contributed by atoms with Crippen molar-refractivity contribution in [2.75, 3.05) is 12.3 Å². The van der Waals surface area contributed by atoms with Gasteiger partial charge in [0.05, 0.1) is 11.4 Å². The summed E-state index contributed by atoms with van der Waals surface area (Å²) < 4.78 is 2.02. The van der Waals surface area contributed by atoms with E-state index in [0.717, 1.165) is 17.1 Å². The maximum Gasteiger partial charge on any atom is 0.230 e. The summed E-state index contributed by atoms with van der Waals surface area (Å²) in [7, 11) is 0. The Morgan fingerprint density at radius 2 is 2.19 bits per heavy atom. The Labute approximate surface area is 129 Å². The lowest BCUT2D eigenvalue weighted by atomic mass is 10.1. The number of rotatable bonds is 6. The van der Waals surface area contributed by atoms with Gasteiger partial charge in [0.15, 0.2) is 0 Å². The van der Waals surface area contributed by atoms with Gasteiger partial charge < -0.3 is 15.5 Å². The van der Waals surface area contributed by atoms with Crippen molar-refractivity contribution in [1.29, 1.82) is 0 Å². The van der Waals surface area contributed by atoms with E-state index < -0.39 is 0 Å². The van der Waals surface area contributed by atoms with Crippen molar-refractivity contribution in [3.8, 4) is 0 Å². The Morgan fingerprint density at radius 3 is 2.90 bits per heavy atom. The second-order valence-electron chi connectivity index (χ2n) is 5.96. The van der Waals surface area contributed by atoms with Crippen LogP contribution in [0.25, 0.3) is 5.65 Å². The van der Waals surface area contributed by atoms with E-state index in [4.69, 9.17) is 5.73 Å². The van der Waals surface area contributed by atoms with Gasteiger partial charge in [-0.1, -0.05) is 6.07 Å². The molecule has 2 rings (SSSR count). The first-order chi connectivity index (χ1) is 9.83. The molecule has 0 saturated heterocycles. The van der Waals surface area contributed by atoms with E-state index in [1.807, 2.05) is 42.8 Å². The lowest BCUT2D eigenvalue weighted by Crippen LogP contribution is -2.45. The minimum absolute atomic E-state index is 0.0122. The van der Waals surface area contributed by atoms with Crippen molar-refractivity contribution in [3.05, 3.63) is 35.8 Å². The highest BCUT2D eigenvalue weighted by Gasteiger charge is 2.12. The summed E-state index contributed by atoms with van der Waals surface area (Å²) >= 11 is 1.56. The van der Waals surface area contributed by atoms with E-state index in [-0.39, 0.29) is 11.4 Å². The number of hydrogen-bond acceptors (Lipinski definition) is 4. The van der Waals surface area contributed by atoms with Gasteiger partial charge in [0.2, 0.25) is 5.91 Å². The van der Waals surface area contributed by atoms with Gasteiger partial charge in [-0.05, 0) is 32.4 Å². The number of thioether (sulfide) groups is 1. The second-order valence-corrected chi connectivity index (χ2v) is 6.95. The Hall–Kier alpha value is -1.53. The van der Waals surface area contributed by atoms with E-state index in [9.17, 15) is 4.79 Å². The predicted octanol–water partition coefficient (Wildman–Crippen LogP) is 1.73. The number of fused-ring (bicyclic) bond motifs is 1. The van der Waals surface area contributed by atoms with Gasteiger partial charge in [-0.15, -0.1) is 11.8 Å². The number of pyridine rings is 1. The molecule has 0 spiro atoms. The van der Waals surface area contributed by atoms with Crippen LogP contribution in [0.3, 0.4) is 0 Å². The molecule has 2 heterocycles. The van der Waals surface area contributed by atoms with Crippen LogP contribution in [-0.4, -0.2) is 33.1 Å². The lowest BCUT2D eigenvalue weighted by molar-refractivity contribution is -0.118. The van der Waals surface area contributed by atoms with E-state index in [1.165, 1.54) is 5.56 Å². The number of imidazole rings is 1. The van der Waals surface area contributed by atoms with Gasteiger partial charge in [-0.25, -0.2) is 4.98 Å². The molecular formula is C15H22N4OS. The van der Waals surface area contributed by atoms with E-state index >= 15 is 0 Å². The monoisotopic (exact) mass is 306 g/mol. The summed E-state index contributed by atoms with van der Waals surface area (Å²) in [6.07, 6.45) is 4.06. The summed E-state index contributed by atoms with van der Waals surface area (Å²) in [5, 5.41) is 2.83. The number of carbonyl (C=O) groups excluding carboxylic acids is 1. The summed E-state index contributed by atoms with van der Waals surface area (Å²) in [5.41, 5.74) is 8.57. The third kappa shape index (κ3) is 5.06. The van der Waals surface area contributed by atoms with Crippen molar-refractivity contribution in [2.24, 2.45) is 5.73 Å². The molecule has 3 N–H and O–H groups in total. The fourth-order valence-electron chi connectivity index (χ4n) is 1.85. The quantitative estimate of drug-likeness (QED) is 0.852. The molecule has 6 heteroatoms. The first kappa shape index (κ1) is 15.9. The number of aromatic nitrogens is 2. The Morgan fingerprint density at radius 1 is 1.43 bits per heavy atom. The zero-order valence-corrected chi connectivity index (χ0v) is 13.5. The van der Waals surface area contributed by atoms with Crippen molar-refractivity contribution in [1.82, 2.24) is 14.7 Å². The normalized spacial score (nSPS) is 11.8. The largest absolute Gasteiger partial charge is 0.354 e. The molecule has 0 aliphatic rings. The first-order valence-electron chi connectivity index (χ1n) is 6.91. The summed E-state index contributed by atoms with van der Waals surface area (Å²) in [6, 6.07) is 4.04. The van der Waals surface area contributed by atoms with E-state index in [0.29, 0.717) is 12.3 Å². The number of amides is 1. The third-order valence-corrected chi connectivity index (χ3v) is 3.84. The highest BCUT2D eigenvalue weighted by Crippen LogP contribution is 2.13. The number of nitrogens with one attached hydrogen (secondary N) is 1. The molecule has 0 aromatic carbocycles. The standard InChI is InChI=1S/C15H22N4OS/c1-11-4-5-13-18-12(7-19(13)6-11)8-21-9-14(20)17-10-15(2,3)16/h4-7H,8-10,16H2,1-3H3,(H,17,20). The minimum atomic E-state index is -0.375. The molecule has 0 aliphatic carbocycles. The molecule has 0 saturated carbocycles. The van der Waals surface area contributed by atoms with Crippen molar-refractivity contribution in [2.45, 2.75) is 32.1 Å². The van der Waals surface area contributed by atoms with Crippen LogP contribution in [0.1, 0.15) is 25.1 Å². The van der Waals surface area contributed by atoms with E-state index in [2.05, 4.69) is 17.2 Å². The van der Waals surface area contributed by atoms with Gasteiger partial charge >= 0.3 is 0 Å². The number of aryl methyl sites for hydroxylation is 1. The van der Waals surface area contributed by atoms with Crippen LogP contribution >= 0.6 is 11.8 Å². The molecule has 0 fully saturated rings. The zero-order valence-electron chi connectivity index (χ0n) is 12.7. The lowest BCUT2D eigenvalue weighted by Gasteiger charge is -2.18. The van der Waals surface area contributed by atoms with Gasteiger partial charge in [0.1, 0.15) is 5.65 Å². The maximum absolute atomic E-state index is 11.7. The highest BCUT2D eigenvalue weighted by molar-refractivity contribution is 7.99. The van der Waals surface area contributed by atoms with Crippen LogP contribution < -0.4 is 11.1 Å². The van der Waals surface area contributed by atoms with Crippen LogP contribution in [-0.2, 0) is 10.5 Å². The van der Waals surface area contributed by atoms with Gasteiger partial charge in [-0.3, -0.25) is 4.79 Å². The smallest absolute Gasteiger partial charge is 0.230 e. The Kier molecular flexibility index (Phi) is 4.90. The molecule has 0 unspecified atom stereocenters. The number of nitrogens with two attached hydrogens (primary N) is 1. The molecule has 21 heavy (non-hydrogen) atoms. The summed E-state index contributed by atoms with van der Waals surface area (Å²) in [6.45, 7) is 6.31. The Balaban J connectivity index is 1.81. The molecule has 0 aliphatic heterocycles. The first-order valence-corrected chi connectivity index (χ1v) is 8.06. The molecule has 0 atom stereocenters. The highest BCUT2D eigenvalue weighted by atomic mass is 32.2. The van der Waals surface area contributed by atoms with Gasteiger partial charge in [-0.2, -0.15) is 0 Å². The number of carbonyl (C=O) groups is 1. The van der Waals surface area contributed by atoms with Crippen molar-refractivity contribution < 1.29 is 4.79 Å². The SMILES string of the molecule is Cc1ccc2nc(CSCC(=O)NCC(C)(C)N)cn2c1. The van der Waals surface area contributed by atoms with Crippen molar-refractivity contribution in [3.63, 3.8) is 0 Å². The second kappa shape index (κ2) is 6.49. The molecule has 2 aromatic heterocycles. The molecule has 114 valence electrons. The molecule has 5 nitrogen and oxygen atoms in total. The third-order valence-electron chi connectivity index (χ3n) is 2.87. The molecule has 0 radical (unpaired) electrons. The average Bonchev–Trinajstić information content (AvgIpc) is 2.77. The van der Waals surface area contributed by atoms with Crippen LogP contribution in [0, 0.1) is 6.92 Å². The topological polar surface area (TPSA) is 72.4 Å².